The summed E-state index contributed by atoms with van der Waals surface area (Å²) in [6.07, 6.45) is 0. The van der Waals surface area contributed by atoms with Crippen molar-refractivity contribution in [1.82, 2.24) is 4.31 Å². The van der Waals surface area contributed by atoms with Crippen molar-refractivity contribution in [3.63, 3.8) is 0 Å². The number of carbonyl (C=O) groups is 1. The van der Waals surface area contributed by atoms with Crippen LogP contribution >= 0.6 is 0 Å². The minimum atomic E-state index is -3.51. The fraction of sp³-hybridized carbons (Fsp3) is 0.316. The van der Waals surface area contributed by atoms with Crippen LogP contribution in [0, 0.1) is 0 Å². The number of anilines is 1. The molecule has 0 saturated carbocycles. The van der Waals surface area contributed by atoms with E-state index in [4.69, 9.17) is 4.74 Å². The third-order valence-corrected chi connectivity index (χ3v) is 6.59. The first kappa shape index (κ1) is 19.3. The summed E-state index contributed by atoms with van der Waals surface area (Å²) in [5.74, 6) is 0.163. The third kappa shape index (κ3) is 4.29. The molecule has 2 aromatic carbocycles. The Morgan fingerprint density at radius 1 is 1.07 bits per heavy atom. The van der Waals surface area contributed by atoms with Crippen LogP contribution in [0.5, 0.6) is 5.75 Å². The molecule has 0 atom stereocenters. The highest BCUT2D eigenvalue weighted by Gasteiger charge is 2.29. The number of methoxy groups -OCH3 is 1. The van der Waals surface area contributed by atoms with Crippen molar-refractivity contribution in [2.24, 2.45) is 0 Å². The zero-order valence-corrected chi connectivity index (χ0v) is 16.3. The Labute approximate surface area is 159 Å². The van der Waals surface area contributed by atoms with Gasteiger partial charge in [-0.25, -0.2) is 8.42 Å². The molecule has 1 aliphatic heterocycles. The average Bonchev–Trinajstić information content (AvgIpc) is 2.68. The van der Waals surface area contributed by atoms with Gasteiger partial charge in [-0.1, -0.05) is 12.1 Å². The molecule has 0 aliphatic carbocycles. The lowest BCUT2D eigenvalue weighted by Gasteiger charge is -2.29. The predicted molar refractivity (Wildman–Crippen MR) is 103 cm³/mol. The summed E-state index contributed by atoms with van der Waals surface area (Å²) >= 11 is 0. The van der Waals surface area contributed by atoms with E-state index in [9.17, 15) is 13.2 Å². The van der Waals surface area contributed by atoms with Crippen LogP contribution in [0.15, 0.2) is 53.4 Å². The molecule has 2 aromatic rings. The Balaban J connectivity index is 1.72. The van der Waals surface area contributed by atoms with Crippen LogP contribution in [0.4, 0.5) is 5.69 Å². The van der Waals surface area contributed by atoms with Gasteiger partial charge in [-0.15, -0.1) is 0 Å². The van der Waals surface area contributed by atoms with Gasteiger partial charge in [-0.05, 0) is 36.4 Å². The van der Waals surface area contributed by atoms with Crippen LogP contribution < -0.4 is 15.0 Å². The monoisotopic (exact) mass is 390 g/mol. The second-order valence-corrected chi connectivity index (χ2v) is 8.48. The predicted octanol–water partition coefficient (Wildman–Crippen LogP) is 0.467. The Morgan fingerprint density at radius 2 is 1.70 bits per heavy atom. The number of nitrogens with zero attached hydrogens (tertiary/aromatic N) is 1. The van der Waals surface area contributed by atoms with Gasteiger partial charge in [0.15, 0.2) is 0 Å². The smallest absolute Gasteiger partial charge is 0.259 e. The second-order valence-electron chi connectivity index (χ2n) is 6.54. The van der Waals surface area contributed by atoms with Crippen LogP contribution in [0.3, 0.4) is 0 Å². The van der Waals surface area contributed by atoms with Crippen molar-refractivity contribution in [3.05, 3.63) is 54.1 Å². The van der Waals surface area contributed by atoms with Crippen molar-refractivity contribution < 1.29 is 22.8 Å². The highest BCUT2D eigenvalue weighted by molar-refractivity contribution is 7.89. The van der Waals surface area contributed by atoms with Crippen LogP contribution in [0.25, 0.3) is 0 Å². The summed E-state index contributed by atoms with van der Waals surface area (Å²) in [6.45, 7) is 2.62. The van der Waals surface area contributed by atoms with E-state index in [2.05, 4.69) is 12.4 Å². The molecule has 8 heteroatoms. The Bertz CT molecular complexity index is 905. The quantitative estimate of drug-likeness (QED) is 0.778. The Kier molecular flexibility index (Phi) is 5.79. The maximum atomic E-state index is 12.7. The minimum absolute atomic E-state index is 0.234. The molecule has 0 spiro atoms. The number of benzene rings is 2. The summed E-state index contributed by atoms with van der Waals surface area (Å²) in [4.78, 5) is 14.0. The maximum absolute atomic E-state index is 12.7. The standard InChI is InChI=1S/C19H23N3O4S/c1-21-11-13-22(14-12-21)27(24,25)16-9-7-15(8-10-16)20-19(23)17-5-3-4-6-18(17)26-2/h3-10H,11-14H2,1-2H3,(H,20,23)/p+1. The van der Waals surface area contributed by atoms with Gasteiger partial charge in [0.05, 0.1) is 50.8 Å². The molecule has 144 valence electrons. The molecule has 7 nitrogen and oxygen atoms in total. The molecule has 0 bridgehead atoms. The van der Waals surface area contributed by atoms with Gasteiger partial charge < -0.3 is 15.0 Å². The number of para-hydroxylation sites is 1. The second kappa shape index (κ2) is 8.08. The van der Waals surface area contributed by atoms with Gasteiger partial charge in [0.1, 0.15) is 5.75 Å². The van der Waals surface area contributed by atoms with Crippen LogP contribution in [0.1, 0.15) is 10.4 Å². The Hall–Kier alpha value is -2.42. The summed E-state index contributed by atoms with van der Waals surface area (Å²) in [5, 5.41) is 2.77. The average molecular weight is 390 g/mol. The van der Waals surface area contributed by atoms with Gasteiger partial charge in [-0.2, -0.15) is 4.31 Å². The van der Waals surface area contributed by atoms with Crippen molar-refractivity contribution >= 4 is 21.6 Å². The van der Waals surface area contributed by atoms with Crippen LogP contribution in [-0.2, 0) is 10.0 Å². The fourth-order valence-corrected chi connectivity index (χ4v) is 4.44. The van der Waals surface area contributed by atoms with Gasteiger partial charge >= 0.3 is 0 Å². The molecule has 2 N–H and O–H groups in total. The first-order valence-corrected chi connectivity index (χ1v) is 10.2. The highest BCUT2D eigenvalue weighted by atomic mass is 32.2. The molecule has 3 rings (SSSR count). The molecular formula is C19H24N3O4S+. The van der Waals surface area contributed by atoms with E-state index in [0.29, 0.717) is 30.1 Å². The molecule has 1 amide bonds. The van der Waals surface area contributed by atoms with Crippen molar-refractivity contribution in [1.29, 1.82) is 0 Å². The fourth-order valence-electron chi connectivity index (χ4n) is 3.00. The van der Waals surface area contributed by atoms with Crippen LogP contribution in [0.2, 0.25) is 0 Å². The summed E-state index contributed by atoms with van der Waals surface area (Å²) in [7, 11) is 0.0580. The lowest BCUT2D eigenvalue weighted by Crippen LogP contribution is -3.12. The van der Waals surface area contributed by atoms with Crippen molar-refractivity contribution in [2.45, 2.75) is 4.90 Å². The van der Waals surface area contributed by atoms with Gasteiger partial charge in [0, 0.05) is 5.69 Å². The SMILES string of the molecule is COc1ccccc1C(=O)Nc1ccc(S(=O)(=O)N2CC[NH+](C)CC2)cc1. The molecule has 1 aliphatic rings. The van der Waals surface area contributed by atoms with E-state index in [1.165, 1.54) is 28.4 Å². The largest absolute Gasteiger partial charge is 0.496 e. The number of quaternary nitrogens is 1. The lowest BCUT2D eigenvalue weighted by molar-refractivity contribution is -0.883. The van der Waals surface area contributed by atoms with Gasteiger partial charge in [-0.3, -0.25) is 4.79 Å². The normalized spacial score (nSPS) is 16.1. The van der Waals surface area contributed by atoms with E-state index in [-0.39, 0.29) is 10.8 Å². The third-order valence-electron chi connectivity index (χ3n) is 4.68. The van der Waals surface area contributed by atoms with Crippen molar-refractivity contribution in [3.8, 4) is 5.75 Å². The molecular weight excluding hydrogens is 366 g/mol. The Morgan fingerprint density at radius 3 is 2.33 bits per heavy atom. The zero-order valence-electron chi connectivity index (χ0n) is 15.4. The number of sulfonamides is 1. The van der Waals surface area contributed by atoms with E-state index >= 15 is 0 Å². The van der Waals surface area contributed by atoms with Crippen molar-refractivity contribution in [2.75, 3.05) is 45.7 Å². The molecule has 1 fully saturated rings. The van der Waals surface area contributed by atoms with E-state index < -0.39 is 10.0 Å². The molecule has 0 aromatic heterocycles. The van der Waals surface area contributed by atoms with Gasteiger partial charge in [0.2, 0.25) is 10.0 Å². The van der Waals surface area contributed by atoms with E-state index in [1.807, 2.05) is 0 Å². The number of ether oxygens (including phenoxy) is 1. The lowest BCUT2D eigenvalue weighted by atomic mass is 10.2. The zero-order chi connectivity index (χ0) is 19.4. The number of rotatable bonds is 5. The first-order valence-electron chi connectivity index (χ1n) is 8.77. The summed E-state index contributed by atoms with van der Waals surface area (Å²) in [6, 6.07) is 13.2. The molecule has 0 unspecified atom stereocenters. The minimum Gasteiger partial charge on any atom is -0.496 e. The number of piperazine rings is 1. The number of hydrogen-bond donors (Lipinski definition) is 2. The topological polar surface area (TPSA) is 80.1 Å². The number of nitrogens with one attached hydrogen (secondary N) is 2. The van der Waals surface area contributed by atoms with Gasteiger partial charge in [0.25, 0.3) is 5.91 Å². The molecule has 1 saturated heterocycles. The highest BCUT2D eigenvalue weighted by Crippen LogP contribution is 2.21. The van der Waals surface area contributed by atoms with Crippen LogP contribution in [-0.4, -0.2) is 59.0 Å². The van der Waals surface area contributed by atoms with E-state index in [1.54, 1.807) is 36.4 Å². The first-order chi connectivity index (χ1) is 12.9. The molecule has 0 radical (unpaired) electrons. The number of likely N-dealkylation sites (N-methyl/N-ethyl adjacent to an activating group) is 1. The molecule has 27 heavy (non-hydrogen) atoms. The summed E-state index contributed by atoms with van der Waals surface area (Å²) < 4.78 is 32.2. The molecule has 1 heterocycles. The number of hydrogen-bond acceptors (Lipinski definition) is 4. The maximum Gasteiger partial charge on any atom is 0.259 e. The number of amides is 1. The van der Waals surface area contributed by atoms with E-state index in [0.717, 1.165) is 13.1 Å². The summed E-state index contributed by atoms with van der Waals surface area (Å²) in [5.41, 5.74) is 0.935. The number of carbonyl (C=O) groups excluding carboxylic acids is 1.